The number of halogens is 1. The van der Waals surface area contributed by atoms with E-state index in [0.717, 1.165) is 0 Å². The Hall–Kier alpha value is -1.53. The molecule has 19 heavy (non-hydrogen) atoms. The molecule has 0 radical (unpaired) electrons. The van der Waals surface area contributed by atoms with Gasteiger partial charge in [-0.05, 0) is 24.3 Å². The predicted molar refractivity (Wildman–Crippen MR) is 74.5 cm³/mol. The molecule has 1 aromatic carbocycles. The summed E-state index contributed by atoms with van der Waals surface area (Å²) in [5.74, 6) is 0.651. The third-order valence-electron chi connectivity index (χ3n) is 2.21. The molecule has 0 atom stereocenters. The fourth-order valence-corrected chi connectivity index (χ4v) is 2.00. The van der Waals surface area contributed by atoms with Gasteiger partial charge >= 0.3 is 0 Å². The minimum absolute atomic E-state index is 0.136. The van der Waals surface area contributed by atoms with Crippen molar-refractivity contribution in [2.45, 2.75) is 18.6 Å². The lowest BCUT2D eigenvalue weighted by Gasteiger charge is -2.03. The summed E-state index contributed by atoms with van der Waals surface area (Å²) in [5.41, 5.74) is 0.703. The van der Waals surface area contributed by atoms with Crippen molar-refractivity contribution < 1.29 is 9.21 Å². The molecule has 1 aromatic heterocycles. The fourth-order valence-electron chi connectivity index (χ4n) is 1.30. The fraction of sp³-hybridized carbons (Fsp3) is 0.250. The van der Waals surface area contributed by atoms with Gasteiger partial charge in [-0.3, -0.25) is 4.79 Å². The number of rotatable bonds is 5. The number of carbonyl (C=O) groups excluding carboxylic acids is 1. The molecule has 7 heteroatoms. The molecule has 0 bridgehead atoms. The van der Waals surface area contributed by atoms with Crippen molar-refractivity contribution in [3.8, 4) is 0 Å². The van der Waals surface area contributed by atoms with Crippen LogP contribution in [0.3, 0.4) is 0 Å². The minimum Gasteiger partial charge on any atom is -0.416 e. The first kappa shape index (κ1) is 13.9. The molecule has 0 saturated carbocycles. The molecular formula is C12H12ClN3O2S. The number of thioether (sulfide) groups is 1. The highest BCUT2D eigenvalue weighted by molar-refractivity contribution is 7.99. The van der Waals surface area contributed by atoms with E-state index >= 15 is 0 Å². The third kappa shape index (κ3) is 4.25. The Balaban J connectivity index is 1.82. The molecule has 2 aromatic rings. The molecule has 0 aliphatic carbocycles. The Morgan fingerprint density at radius 3 is 2.74 bits per heavy atom. The number of nitrogens with one attached hydrogen (secondary N) is 1. The van der Waals surface area contributed by atoms with Crippen molar-refractivity contribution in [1.29, 1.82) is 0 Å². The average molecular weight is 298 g/mol. The molecule has 100 valence electrons. The molecule has 0 aliphatic rings. The summed E-state index contributed by atoms with van der Waals surface area (Å²) in [5, 5.41) is 11.4. The normalized spacial score (nSPS) is 10.4. The number of carbonyl (C=O) groups is 1. The number of aromatic nitrogens is 2. The first-order valence-corrected chi connectivity index (χ1v) is 7.04. The molecule has 0 spiro atoms. The smallest absolute Gasteiger partial charge is 0.277 e. The predicted octanol–water partition coefficient (Wildman–Crippen LogP) is 3.02. The zero-order valence-corrected chi connectivity index (χ0v) is 11.8. The first-order valence-electron chi connectivity index (χ1n) is 5.68. The number of anilines is 1. The van der Waals surface area contributed by atoms with Crippen LogP contribution >= 0.6 is 23.4 Å². The van der Waals surface area contributed by atoms with Gasteiger partial charge in [0.2, 0.25) is 11.8 Å². The second-order valence-electron chi connectivity index (χ2n) is 3.66. The van der Waals surface area contributed by atoms with Crippen molar-refractivity contribution in [1.82, 2.24) is 10.2 Å². The molecule has 1 amide bonds. The van der Waals surface area contributed by atoms with E-state index in [1.54, 1.807) is 24.3 Å². The van der Waals surface area contributed by atoms with Crippen LogP contribution in [0, 0.1) is 0 Å². The Labute approximate surface area is 119 Å². The van der Waals surface area contributed by atoms with Gasteiger partial charge in [0.15, 0.2) is 0 Å². The first-order chi connectivity index (χ1) is 9.17. The van der Waals surface area contributed by atoms with E-state index in [1.165, 1.54) is 11.8 Å². The van der Waals surface area contributed by atoms with Crippen molar-refractivity contribution >= 4 is 35.0 Å². The monoisotopic (exact) mass is 297 g/mol. The summed E-state index contributed by atoms with van der Waals surface area (Å²) >= 11 is 6.97. The standard InChI is InChI=1S/C12H12ClN3O2S/c1-2-11-15-16-12(18-11)19-7-10(17)14-9-5-3-8(13)4-6-9/h3-6H,2,7H2,1H3,(H,14,17). The van der Waals surface area contributed by atoms with Gasteiger partial charge in [0.1, 0.15) is 0 Å². The zero-order chi connectivity index (χ0) is 13.7. The Bertz CT molecular complexity index is 556. The maximum Gasteiger partial charge on any atom is 0.277 e. The Kier molecular flexibility index (Phi) is 4.81. The van der Waals surface area contributed by atoms with E-state index < -0.39 is 0 Å². The lowest BCUT2D eigenvalue weighted by Crippen LogP contribution is -2.13. The van der Waals surface area contributed by atoms with Gasteiger partial charge in [-0.1, -0.05) is 30.3 Å². The summed E-state index contributed by atoms with van der Waals surface area (Å²) in [6.45, 7) is 1.93. The van der Waals surface area contributed by atoms with Crippen molar-refractivity contribution in [2.24, 2.45) is 0 Å². The van der Waals surface area contributed by atoms with Crippen LogP contribution in [0.15, 0.2) is 33.9 Å². The van der Waals surface area contributed by atoms with Crippen LogP contribution in [0.25, 0.3) is 0 Å². The maximum atomic E-state index is 11.7. The molecular weight excluding hydrogens is 286 g/mol. The highest BCUT2D eigenvalue weighted by atomic mass is 35.5. The number of hydrogen-bond donors (Lipinski definition) is 1. The summed E-state index contributed by atoms with van der Waals surface area (Å²) < 4.78 is 5.29. The molecule has 0 saturated heterocycles. The van der Waals surface area contributed by atoms with Crippen molar-refractivity contribution in [3.63, 3.8) is 0 Å². The van der Waals surface area contributed by atoms with E-state index in [-0.39, 0.29) is 11.7 Å². The van der Waals surface area contributed by atoms with Gasteiger partial charge in [0, 0.05) is 17.1 Å². The summed E-state index contributed by atoms with van der Waals surface area (Å²) in [4.78, 5) is 11.7. The molecule has 1 N–H and O–H groups in total. The van der Waals surface area contributed by atoms with Crippen LogP contribution in [0.4, 0.5) is 5.69 Å². The van der Waals surface area contributed by atoms with Crippen LogP contribution < -0.4 is 5.32 Å². The second-order valence-corrected chi connectivity index (χ2v) is 5.02. The second kappa shape index (κ2) is 6.58. The van der Waals surface area contributed by atoms with E-state index in [4.69, 9.17) is 16.0 Å². The van der Waals surface area contributed by atoms with E-state index in [1.807, 2.05) is 6.92 Å². The highest BCUT2D eigenvalue weighted by Crippen LogP contribution is 2.17. The van der Waals surface area contributed by atoms with E-state index in [2.05, 4.69) is 15.5 Å². The SMILES string of the molecule is CCc1nnc(SCC(=O)Nc2ccc(Cl)cc2)o1. The molecule has 0 unspecified atom stereocenters. The van der Waals surface area contributed by atoms with Gasteiger partial charge in [-0.2, -0.15) is 0 Å². The van der Waals surface area contributed by atoms with Crippen LogP contribution in [0.1, 0.15) is 12.8 Å². The number of amides is 1. The summed E-state index contributed by atoms with van der Waals surface area (Å²) in [6.07, 6.45) is 0.685. The molecule has 0 aliphatic heterocycles. The number of hydrogen-bond acceptors (Lipinski definition) is 5. The zero-order valence-electron chi connectivity index (χ0n) is 10.2. The lowest BCUT2D eigenvalue weighted by molar-refractivity contribution is -0.113. The van der Waals surface area contributed by atoms with Crippen LogP contribution in [-0.4, -0.2) is 21.9 Å². The van der Waals surface area contributed by atoms with Crippen molar-refractivity contribution in [2.75, 3.05) is 11.1 Å². The molecule has 1 heterocycles. The number of nitrogens with zero attached hydrogens (tertiary/aromatic N) is 2. The summed E-state index contributed by atoms with van der Waals surface area (Å²) in [7, 11) is 0. The molecule has 5 nitrogen and oxygen atoms in total. The molecule has 0 fully saturated rings. The van der Waals surface area contributed by atoms with Crippen LogP contribution in [0.5, 0.6) is 0 Å². The van der Waals surface area contributed by atoms with Gasteiger partial charge in [-0.15, -0.1) is 10.2 Å². The van der Waals surface area contributed by atoms with Crippen LogP contribution in [0.2, 0.25) is 5.02 Å². The average Bonchev–Trinajstić information content (AvgIpc) is 2.87. The van der Waals surface area contributed by atoms with Gasteiger partial charge in [-0.25, -0.2) is 0 Å². The van der Waals surface area contributed by atoms with E-state index in [9.17, 15) is 4.79 Å². The van der Waals surface area contributed by atoms with Gasteiger partial charge < -0.3 is 9.73 Å². The maximum absolute atomic E-state index is 11.7. The summed E-state index contributed by atoms with van der Waals surface area (Å²) in [6, 6.07) is 6.92. The number of aryl methyl sites for hydroxylation is 1. The minimum atomic E-state index is -0.136. The third-order valence-corrected chi connectivity index (χ3v) is 3.28. The largest absolute Gasteiger partial charge is 0.416 e. The van der Waals surface area contributed by atoms with Gasteiger partial charge in [0.25, 0.3) is 5.22 Å². The van der Waals surface area contributed by atoms with Gasteiger partial charge in [0.05, 0.1) is 5.75 Å². The van der Waals surface area contributed by atoms with Crippen LogP contribution in [-0.2, 0) is 11.2 Å². The highest BCUT2D eigenvalue weighted by Gasteiger charge is 2.08. The Morgan fingerprint density at radius 2 is 2.11 bits per heavy atom. The Morgan fingerprint density at radius 1 is 1.37 bits per heavy atom. The quantitative estimate of drug-likeness (QED) is 0.859. The number of benzene rings is 1. The topological polar surface area (TPSA) is 68.0 Å². The lowest BCUT2D eigenvalue weighted by atomic mass is 10.3. The molecule has 2 rings (SSSR count). The van der Waals surface area contributed by atoms with Crippen molar-refractivity contribution in [3.05, 3.63) is 35.2 Å². The van der Waals surface area contributed by atoms with E-state index in [0.29, 0.717) is 28.2 Å².